The Morgan fingerprint density at radius 3 is 2.26 bits per heavy atom. The first-order valence-electron chi connectivity index (χ1n) is 7.54. The molecule has 2 aliphatic rings. The van der Waals surface area contributed by atoms with Crippen molar-refractivity contribution in [1.82, 2.24) is 0 Å². The largest absolute Gasteiger partial charge is 0.251 e. The molecule has 0 aromatic rings. The van der Waals surface area contributed by atoms with Gasteiger partial charge in [-0.05, 0) is 43.9 Å². The van der Waals surface area contributed by atoms with Gasteiger partial charge in [0.25, 0.3) is 5.92 Å². The van der Waals surface area contributed by atoms with E-state index in [0.717, 1.165) is 12.8 Å². The molecule has 0 saturated heterocycles. The molecule has 0 nitrogen and oxygen atoms in total. The molecule has 0 heterocycles. The number of rotatable bonds is 3. The van der Waals surface area contributed by atoms with Crippen LogP contribution in [0.4, 0.5) is 13.2 Å². The minimum Gasteiger partial charge on any atom is -0.246 e. The SMILES string of the molecule is CC1CCC(C(F)(F)CC2CCC(Cl)C(F)C2)CC1. The zero-order valence-corrected chi connectivity index (χ0v) is 12.3. The van der Waals surface area contributed by atoms with Gasteiger partial charge < -0.3 is 0 Å². The van der Waals surface area contributed by atoms with Crippen LogP contribution in [0, 0.1) is 17.8 Å². The molecule has 0 aromatic carbocycles. The highest BCUT2D eigenvalue weighted by molar-refractivity contribution is 6.21. The van der Waals surface area contributed by atoms with Gasteiger partial charge in [-0.3, -0.25) is 0 Å². The van der Waals surface area contributed by atoms with E-state index in [9.17, 15) is 13.2 Å². The third-order valence-corrected chi connectivity index (χ3v) is 5.47. The first kappa shape index (κ1) is 15.5. The zero-order valence-electron chi connectivity index (χ0n) is 11.6. The molecule has 19 heavy (non-hydrogen) atoms. The average molecular weight is 297 g/mol. The fourth-order valence-electron chi connectivity index (χ4n) is 3.58. The summed E-state index contributed by atoms with van der Waals surface area (Å²) in [7, 11) is 0. The van der Waals surface area contributed by atoms with E-state index in [0.29, 0.717) is 31.6 Å². The minimum atomic E-state index is -2.62. The fourth-order valence-corrected chi connectivity index (χ4v) is 3.81. The van der Waals surface area contributed by atoms with Gasteiger partial charge in [-0.1, -0.05) is 19.8 Å². The van der Waals surface area contributed by atoms with Crippen LogP contribution in [0.1, 0.15) is 58.3 Å². The van der Waals surface area contributed by atoms with Gasteiger partial charge in [-0.2, -0.15) is 0 Å². The van der Waals surface area contributed by atoms with Crippen LogP contribution in [-0.4, -0.2) is 17.5 Å². The summed E-state index contributed by atoms with van der Waals surface area (Å²) in [5, 5.41) is -0.472. The van der Waals surface area contributed by atoms with Crippen LogP contribution >= 0.6 is 11.6 Å². The molecule has 0 aliphatic heterocycles. The molecule has 2 fully saturated rings. The summed E-state index contributed by atoms with van der Waals surface area (Å²) < 4.78 is 42.1. The highest BCUT2D eigenvalue weighted by Gasteiger charge is 2.43. The average Bonchev–Trinajstić information content (AvgIpc) is 2.34. The Bertz CT molecular complexity index is 287. The highest BCUT2D eigenvalue weighted by atomic mass is 35.5. The molecule has 2 rings (SSSR count). The summed E-state index contributed by atoms with van der Waals surface area (Å²) in [5.74, 6) is -2.73. The lowest BCUT2D eigenvalue weighted by molar-refractivity contribution is -0.0962. The Balaban J connectivity index is 1.86. The van der Waals surface area contributed by atoms with Crippen LogP contribution < -0.4 is 0 Å². The van der Waals surface area contributed by atoms with Crippen molar-refractivity contribution in [2.75, 3.05) is 0 Å². The van der Waals surface area contributed by atoms with Gasteiger partial charge in [0, 0.05) is 12.3 Å². The summed E-state index contributed by atoms with van der Waals surface area (Å²) in [6.45, 7) is 2.13. The van der Waals surface area contributed by atoms with E-state index in [1.54, 1.807) is 0 Å². The lowest BCUT2D eigenvalue weighted by Crippen LogP contribution is -2.36. The lowest BCUT2D eigenvalue weighted by Gasteiger charge is -2.36. The van der Waals surface area contributed by atoms with Gasteiger partial charge in [0.1, 0.15) is 6.17 Å². The van der Waals surface area contributed by atoms with Crippen LogP contribution in [0.2, 0.25) is 0 Å². The summed E-state index contributed by atoms with van der Waals surface area (Å²) in [6.07, 6.45) is 3.20. The molecule has 0 aromatic heterocycles. The van der Waals surface area contributed by atoms with Crippen LogP contribution in [0.3, 0.4) is 0 Å². The Kier molecular flexibility index (Phi) is 5.08. The lowest BCUT2D eigenvalue weighted by atomic mass is 9.75. The van der Waals surface area contributed by atoms with E-state index in [1.807, 2.05) is 0 Å². The molecular weight excluding hydrogens is 273 g/mol. The Labute approximate surface area is 119 Å². The highest BCUT2D eigenvalue weighted by Crippen LogP contribution is 2.44. The summed E-state index contributed by atoms with van der Waals surface area (Å²) in [6, 6.07) is 0. The van der Waals surface area contributed by atoms with Crippen LogP contribution in [-0.2, 0) is 0 Å². The van der Waals surface area contributed by atoms with Crippen molar-refractivity contribution in [1.29, 1.82) is 0 Å². The van der Waals surface area contributed by atoms with Gasteiger partial charge in [0.05, 0.1) is 5.38 Å². The van der Waals surface area contributed by atoms with E-state index in [4.69, 9.17) is 11.6 Å². The Hall–Kier alpha value is 0.0800. The monoisotopic (exact) mass is 296 g/mol. The summed E-state index contributed by atoms with van der Waals surface area (Å²) >= 11 is 5.81. The predicted molar refractivity (Wildman–Crippen MR) is 72.6 cm³/mol. The third kappa shape index (κ3) is 4.03. The van der Waals surface area contributed by atoms with Crippen LogP contribution in [0.25, 0.3) is 0 Å². The molecule has 0 bridgehead atoms. The molecule has 0 spiro atoms. The fraction of sp³-hybridized carbons (Fsp3) is 1.00. The number of hydrogen-bond acceptors (Lipinski definition) is 0. The second-order valence-corrected chi connectivity index (χ2v) is 7.19. The van der Waals surface area contributed by atoms with Crippen molar-refractivity contribution in [2.24, 2.45) is 17.8 Å². The summed E-state index contributed by atoms with van der Waals surface area (Å²) in [5.41, 5.74) is 0. The molecule has 0 radical (unpaired) electrons. The third-order valence-electron chi connectivity index (χ3n) is 4.98. The molecule has 4 heteroatoms. The van der Waals surface area contributed by atoms with Crippen molar-refractivity contribution in [3.05, 3.63) is 0 Å². The van der Waals surface area contributed by atoms with Gasteiger partial charge in [-0.15, -0.1) is 11.6 Å². The quantitative estimate of drug-likeness (QED) is 0.596. The molecule has 0 amide bonds. The van der Waals surface area contributed by atoms with Crippen molar-refractivity contribution in [2.45, 2.75) is 75.8 Å². The topological polar surface area (TPSA) is 0 Å². The Morgan fingerprint density at radius 2 is 1.68 bits per heavy atom. The number of hydrogen-bond donors (Lipinski definition) is 0. The van der Waals surface area contributed by atoms with Crippen molar-refractivity contribution >= 4 is 11.6 Å². The van der Waals surface area contributed by atoms with Gasteiger partial charge in [0.2, 0.25) is 0 Å². The zero-order chi connectivity index (χ0) is 14.0. The van der Waals surface area contributed by atoms with Crippen LogP contribution in [0.15, 0.2) is 0 Å². The normalized spacial score (nSPS) is 41.2. The van der Waals surface area contributed by atoms with Gasteiger partial charge >= 0.3 is 0 Å². The van der Waals surface area contributed by atoms with Gasteiger partial charge in [-0.25, -0.2) is 13.2 Å². The van der Waals surface area contributed by atoms with Crippen LogP contribution in [0.5, 0.6) is 0 Å². The first-order valence-corrected chi connectivity index (χ1v) is 7.98. The van der Waals surface area contributed by atoms with Gasteiger partial charge in [0.15, 0.2) is 0 Å². The smallest absolute Gasteiger partial charge is 0.246 e. The van der Waals surface area contributed by atoms with E-state index in [-0.39, 0.29) is 18.8 Å². The molecular formula is C15H24ClF3. The second-order valence-electron chi connectivity index (χ2n) is 6.63. The van der Waals surface area contributed by atoms with E-state index in [1.165, 1.54) is 0 Å². The molecule has 3 unspecified atom stereocenters. The van der Waals surface area contributed by atoms with E-state index in [2.05, 4.69) is 6.92 Å². The predicted octanol–water partition coefficient (Wildman–Crippen LogP) is 5.58. The molecule has 112 valence electrons. The van der Waals surface area contributed by atoms with Crippen molar-refractivity contribution in [3.63, 3.8) is 0 Å². The first-order chi connectivity index (χ1) is 8.88. The number of halogens is 4. The van der Waals surface area contributed by atoms with E-state index < -0.39 is 23.4 Å². The Morgan fingerprint density at radius 1 is 1.05 bits per heavy atom. The minimum absolute atomic E-state index is 0.143. The maximum atomic E-state index is 14.3. The van der Waals surface area contributed by atoms with Crippen molar-refractivity contribution in [3.8, 4) is 0 Å². The molecule has 0 N–H and O–H groups in total. The van der Waals surface area contributed by atoms with E-state index >= 15 is 0 Å². The second kappa shape index (κ2) is 6.24. The van der Waals surface area contributed by atoms with Crippen molar-refractivity contribution < 1.29 is 13.2 Å². The maximum Gasteiger partial charge on any atom is 0.251 e. The maximum absolute atomic E-state index is 14.3. The standard InChI is InChI=1S/C15H24ClF3/c1-10-2-5-12(6-3-10)15(18,19)9-11-4-7-13(16)14(17)8-11/h10-14H,2-9H2,1H3. The number of alkyl halides is 4. The molecule has 3 atom stereocenters. The summed E-state index contributed by atoms with van der Waals surface area (Å²) in [4.78, 5) is 0. The molecule has 2 saturated carbocycles. The molecule has 2 aliphatic carbocycles.